The maximum Gasteiger partial charge on any atom is 0.231 e. The fraction of sp³-hybridized carbons (Fsp3) is 0.269. The van der Waals surface area contributed by atoms with Gasteiger partial charge in [0.2, 0.25) is 5.91 Å². The minimum absolute atomic E-state index is 0.0649. The van der Waals surface area contributed by atoms with Crippen LogP contribution in [0.1, 0.15) is 31.9 Å². The van der Waals surface area contributed by atoms with E-state index in [0.717, 1.165) is 28.8 Å². The Bertz CT molecular complexity index is 1070. The van der Waals surface area contributed by atoms with E-state index < -0.39 is 11.6 Å². The number of hydrogen-bond donors (Lipinski definition) is 0. The van der Waals surface area contributed by atoms with E-state index in [-0.39, 0.29) is 18.6 Å². The molecule has 0 radical (unpaired) electrons. The molecule has 1 amide bonds. The molecule has 168 valence electrons. The number of hydrogen-bond acceptors (Lipinski definition) is 3. The largest absolute Gasteiger partial charge is 0.494 e. The molecule has 0 fully saturated rings. The SMILES string of the molecule is CCOc1cccc(OC(C)C)c1.O=C1Cc2ccccc2N1Cc1ccc(F)cc1F. The number of benzene rings is 3. The number of halogens is 2. The van der Waals surface area contributed by atoms with Crippen LogP contribution in [0.3, 0.4) is 0 Å². The fourth-order valence-electron chi connectivity index (χ4n) is 3.39. The van der Waals surface area contributed by atoms with Crippen LogP contribution in [0.2, 0.25) is 0 Å². The number of fused-ring (bicyclic) bond motifs is 1. The maximum absolute atomic E-state index is 13.6. The highest BCUT2D eigenvalue weighted by Crippen LogP contribution is 2.30. The number of carbonyl (C=O) groups excluding carboxylic acids is 1. The highest BCUT2D eigenvalue weighted by molar-refractivity contribution is 6.01. The Labute approximate surface area is 187 Å². The monoisotopic (exact) mass is 439 g/mol. The molecule has 4 nitrogen and oxygen atoms in total. The van der Waals surface area contributed by atoms with Gasteiger partial charge >= 0.3 is 0 Å². The number of para-hydroxylation sites is 1. The normalized spacial score (nSPS) is 12.3. The highest BCUT2D eigenvalue weighted by atomic mass is 19.1. The Morgan fingerprint density at radius 2 is 1.72 bits per heavy atom. The summed E-state index contributed by atoms with van der Waals surface area (Å²) >= 11 is 0. The summed E-state index contributed by atoms with van der Waals surface area (Å²) in [5, 5.41) is 0. The van der Waals surface area contributed by atoms with Crippen LogP contribution in [0, 0.1) is 11.6 Å². The summed E-state index contributed by atoms with van der Waals surface area (Å²) in [6, 6.07) is 18.5. The lowest BCUT2D eigenvalue weighted by Gasteiger charge is -2.17. The van der Waals surface area contributed by atoms with Crippen molar-refractivity contribution in [3.8, 4) is 11.5 Å². The van der Waals surface area contributed by atoms with Crippen molar-refractivity contribution in [2.24, 2.45) is 0 Å². The van der Waals surface area contributed by atoms with E-state index in [0.29, 0.717) is 18.6 Å². The van der Waals surface area contributed by atoms with Crippen molar-refractivity contribution in [1.29, 1.82) is 0 Å². The van der Waals surface area contributed by atoms with Crippen LogP contribution >= 0.6 is 0 Å². The first-order chi connectivity index (χ1) is 15.4. The number of nitrogens with zero attached hydrogens (tertiary/aromatic N) is 1. The van der Waals surface area contributed by atoms with Crippen LogP contribution in [0.4, 0.5) is 14.5 Å². The lowest BCUT2D eigenvalue weighted by atomic mass is 10.1. The second-order valence-electron chi connectivity index (χ2n) is 7.60. The highest BCUT2D eigenvalue weighted by Gasteiger charge is 2.27. The van der Waals surface area contributed by atoms with Crippen LogP contribution in [-0.4, -0.2) is 18.6 Å². The average Bonchev–Trinajstić information content (AvgIpc) is 3.06. The standard InChI is InChI=1S/C15H11F2NO.C11H16O2/c16-12-6-5-11(13(17)8-12)9-18-14-4-2-1-3-10(14)7-15(18)19;1-4-12-10-6-5-7-11(8-10)13-9(2)3/h1-6,8H,7,9H2;5-9H,4H2,1-3H3. The van der Waals surface area contributed by atoms with E-state index in [1.54, 1.807) is 0 Å². The summed E-state index contributed by atoms with van der Waals surface area (Å²) in [5.41, 5.74) is 2.05. The van der Waals surface area contributed by atoms with E-state index in [4.69, 9.17) is 9.47 Å². The number of rotatable bonds is 6. The second-order valence-corrected chi connectivity index (χ2v) is 7.60. The van der Waals surface area contributed by atoms with E-state index >= 15 is 0 Å². The van der Waals surface area contributed by atoms with Crippen LogP contribution in [0.5, 0.6) is 11.5 Å². The molecule has 0 aromatic heterocycles. The minimum atomic E-state index is -0.628. The molecule has 6 heteroatoms. The predicted molar refractivity (Wildman–Crippen MR) is 121 cm³/mol. The number of amides is 1. The molecule has 32 heavy (non-hydrogen) atoms. The van der Waals surface area contributed by atoms with E-state index in [1.165, 1.54) is 17.0 Å². The minimum Gasteiger partial charge on any atom is -0.494 e. The summed E-state index contributed by atoms with van der Waals surface area (Å²) in [5.74, 6) is 0.415. The number of ether oxygens (including phenoxy) is 2. The first kappa shape index (κ1) is 23.3. The van der Waals surface area contributed by atoms with Gasteiger partial charge in [-0.2, -0.15) is 0 Å². The molecule has 0 aliphatic carbocycles. The zero-order valence-corrected chi connectivity index (χ0v) is 18.5. The Morgan fingerprint density at radius 1 is 0.969 bits per heavy atom. The third kappa shape index (κ3) is 6.06. The van der Waals surface area contributed by atoms with Gasteiger partial charge in [-0.05, 0) is 50.6 Å². The van der Waals surface area contributed by atoms with Gasteiger partial charge in [0.1, 0.15) is 23.1 Å². The summed E-state index contributed by atoms with van der Waals surface area (Å²) in [6.07, 6.45) is 0.538. The Hall–Kier alpha value is -3.41. The van der Waals surface area contributed by atoms with Crippen molar-refractivity contribution in [2.45, 2.75) is 39.8 Å². The van der Waals surface area contributed by atoms with Gasteiger partial charge in [0.15, 0.2) is 0 Å². The van der Waals surface area contributed by atoms with Crippen molar-refractivity contribution in [3.63, 3.8) is 0 Å². The Kier molecular flexibility index (Phi) is 7.82. The smallest absolute Gasteiger partial charge is 0.231 e. The molecule has 0 N–H and O–H groups in total. The lowest BCUT2D eigenvalue weighted by Crippen LogP contribution is -2.26. The maximum atomic E-state index is 13.6. The van der Waals surface area contributed by atoms with Gasteiger partial charge < -0.3 is 14.4 Å². The van der Waals surface area contributed by atoms with Gasteiger partial charge in [-0.15, -0.1) is 0 Å². The Morgan fingerprint density at radius 3 is 2.44 bits per heavy atom. The molecule has 0 atom stereocenters. The molecule has 4 rings (SSSR count). The molecule has 0 unspecified atom stereocenters. The van der Waals surface area contributed by atoms with Crippen molar-refractivity contribution < 1.29 is 23.0 Å². The second kappa shape index (κ2) is 10.8. The van der Waals surface area contributed by atoms with E-state index in [9.17, 15) is 13.6 Å². The lowest BCUT2D eigenvalue weighted by molar-refractivity contribution is -0.117. The first-order valence-corrected chi connectivity index (χ1v) is 10.6. The third-order valence-corrected chi connectivity index (χ3v) is 4.76. The van der Waals surface area contributed by atoms with E-state index in [2.05, 4.69) is 0 Å². The summed E-state index contributed by atoms with van der Waals surface area (Å²) in [7, 11) is 0. The molecule has 1 aliphatic rings. The molecule has 1 heterocycles. The zero-order chi connectivity index (χ0) is 23.1. The molecular formula is C26H27F2NO3. The Balaban J connectivity index is 0.000000195. The van der Waals surface area contributed by atoms with Crippen LogP contribution in [0.25, 0.3) is 0 Å². The molecule has 0 spiro atoms. The quantitative estimate of drug-likeness (QED) is 0.478. The van der Waals surface area contributed by atoms with E-state index in [1.807, 2.05) is 69.3 Å². The predicted octanol–water partition coefficient (Wildman–Crippen LogP) is 5.93. The van der Waals surface area contributed by atoms with Gasteiger partial charge in [-0.1, -0.05) is 30.3 Å². The summed E-state index contributed by atoms with van der Waals surface area (Å²) < 4.78 is 37.4. The van der Waals surface area contributed by atoms with Gasteiger partial charge in [0.25, 0.3) is 0 Å². The first-order valence-electron chi connectivity index (χ1n) is 10.6. The molecule has 0 saturated heterocycles. The van der Waals surface area contributed by atoms with Gasteiger partial charge in [0.05, 0.1) is 25.7 Å². The summed E-state index contributed by atoms with van der Waals surface area (Å²) in [6.45, 7) is 6.80. The average molecular weight is 440 g/mol. The number of carbonyl (C=O) groups is 1. The van der Waals surface area contributed by atoms with Crippen molar-refractivity contribution >= 4 is 11.6 Å². The molecule has 0 bridgehead atoms. The molecule has 3 aromatic rings. The van der Waals surface area contributed by atoms with Crippen molar-refractivity contribution in [2.75, 3.05) is 11.5 Å². The zero-order valence-electron chi connectivity index (χ0n) is 18.5. The third-order valence-electron chi connectivity index (χ3n) is 4.76. The molecule has 0 saturated carbocycles. The van der Waals surface area contributed by atoms with Gasteiger partial charge in [-0.3, -0.25) is 4.79 Å². The molecule has 1 aliphatic heterocycles. The fourth-order valence-corrected chi connectivity index (χ4v) is 3.39. The van der Waals surface area contributed by atoms with Gasteiger partial charge in [0, 0.05) is 23.4 Å². The van der Waals surface area contributed by atoms with Crippen LogP contribution in [-0.2, 0) is 17.8 Å². The summed E-state index contributed by atoms with van der Waals surface area (Å²) in [4.78, 5) is 13.5. The topological polar surface area (TPSA) is 38.8 Å². The van der Waals surface area contributed by atoms with Crippen molar-refractivity contribution in [3.05, 3.63) is 89.5 Å². The molecule has 3 aromatic carbocycles. The van der Waals surface area contributed by atoms with Crippen LogP contribution in [0.15, 0.2) is 66.7 Å². The molecular weight excluding hydrogens is 412 g/mol. The van der Waals surface area contributed by atoms with Gasteiger partial charge in [-0.25, -0.2) is 8.78 Å². The number of anilines is 1. The van der Waals surface area contributed by atoms with Crippen LogP contribution < -0.4 is 14.4 Å². The van der Waals surface area contributed by atoms with Crippen molar-refractivity contribution in [1.82, 2.24) is 0 Å².